The van der Waals surface area contributed by atoms with Gasteiger partial charge in [0.15, 0.2) is 0 Å². The van der Waals surface area contributed by atoms with Crippen LogP contribution in [0.2, 0.25) is 10.0 Å². The Kier molecular flexibility index (Phi) is 4.61. The van der Waals surface area contributed by atoms with Gasteiger partial charge in [-0.2, -0.15) is 0 Å². The predicted molar refractivity (Wildman–Crippen MR) is 114 cm³/mol. The van der Waals surface area contributed by atoms with Gasteiger partial charge in [0.25, 0.3) is 5.91 Å². The van der Waals surface area contributed by atoms with Crippen molar-refractivity contribution >= 4 is 56.7 Å². The van der Waals surface area contributed by atoms with Gasteiger partial charge in [-0.3, -0.25) is 9.59 Å². The molecule has 1 N–H and O–H groups in total. The topological polar surface area (TPSA) is 59.3 Å². The molecule has 0 aliphatic heterocycles. The van der Waals surface area contributed by atoms with Crippen LogP contribution in [0.25, 0.3) is 21.9 Å². The van der Waals surface area contributed by atoms with E-state index in [1.54, 1.807) is 30.3 Å². The zero-order valence-corrected chi connectivity index (χ0v) is 16.6. The number of aryl methyl sites for hydroxylation is 2. The summed E-state index contributed by atoms with van der Waals surface area (Å²) in [5.74, 6) is -0.379. The Bertz CT molecular complexity index is 1330. The Morgan fingerprint density at radius 3 is 2.50 bits per heavy atom. The third-order valence-corrected chi connectivity index (χ3v) is 5.08. The van der Waals surface area contributed by atoms with Crippen molar-refractivity contribution in [1.82, 2.24) is 0 Å². The van der Waals surface area contributed by atoms with E-state index in [0.29, 0.717) is 38.2 Å². The maximum Gasteiger partial charge on any atom is 0.257 e. The molecule has 3 aromatic carbocycles. The quantitative estimate of drug-likeness (QED) is 0.404. The maximum atomic E-state index is 12.8. The van der Waals surface area contributed by atoms with Gasteiger partial charge in [-0.1, -0.05) is 29.3 Å². The summed E-state index contributed by atoms with van der Waals surface area (Å²) in [4.78, 5) is 25.4. The molecule has 1 heterocycles. The van der Waals surface area contributed by atoms with Gasteiger partial charge < -0.3 is 9.73 Å². The van der Waals surface area contributed by atoms with Crippen LogP contribution in [0.1, 0.15) is 21.5 Å². The number of anilines is 1. The number of carbonyl (C=O) groups is 1. The number of halogens is 2. The van der Waals surface area contributed by atoms with E-state index < -0.39 is 0 Å². The van der Waals surface area contributed by atoms with E-state index in [1.807, 2.05) is 26.0 Å². The zero-order valence-electron chi connectivity index (χ0n) is 15.1. The van der Waals surface area contributed by atoms with E-state index in [9.17, 15) is 9.59 Å². The van der Waals surface area contributed by atoms with Crippen LogP contribution in [0.4, 0.5) is 5.69 Å². The van der Waals surface area contributed by atoms with Gasteiger partial charge in [0.05, 0.1) is 21.4 Å². The van der Waals surface area contributed by atoms with Crippen molar-refractivity contribution in [2.75, 3.05) is 5.32 Å². The average molecular weight is 412 g/mol. The molecule has 0 aliphatic rings. The molecule has 4 aromatic rings. The summed E-state index contributed by atoms with van der Waals surface area (Å²) < 4.78 is 5.99. The summed E-state index contributed by atoms with van der Waals surface area (Å²) in [6.07, 6.45) is 0. The zero-order chi connectivity index (χ0) is 20.0. The molecule has 0 saturated heterocycles. The highest BCUT2D eigenvalue weighted by Crippen LogP contribution is 2.26. The number of fused-ring (bicyclic) bond motifs is 2. The van der Waals surface area contributed by atoms with E-state index in [0.717, 1.165) is 11.1 Å². The normalized spacial score (nSPS) is 11.1. The van der Waals surface area contributed by atoms with Gasteiger partial charge in [-0.05, 0) is 61.4 Å². The molecule has 1 amide bonds. The fourth-order valence-corrected chi connectivity index (χ4v) is 3.75. The number of nitrogens with one attached hydrogen (secondary N) is 1. The van der Waals surface area contributed by atoms with Crippen LogP contribution in [-0.4, -0.2) is 5.91 Å². The molecule has 0 saturated carbocycles. The first kappa shape index (κ1) is 18.5. The van der Waals surface area contributed by atoms with E-state index in [-0.39, 0.29) is 16.4 Å². The number of carbonyl (C=O) groups excluding carboxylic acids is 1. The molecule has 0 atom stereocenters. The fraction of sp³-hybridized carbons (Fsp3) is 0.0909. The molecule has 28 heavy (non-hydrogen) atoms. The highest BCUT2D eigenvalue weighted by atomic mass is 35.5. The molecule has 4 nitrogen and oxygen atoms in total. The van der Waals surface area contributed by atoms with Crippen molar-refractivity contribution in [3.63, 3.8) is 0 Å². The molecule has 0 spiro atoms. The minimum Gasteiger partial charge on any atom is -0.455 e. The van der Waals surface area contributed by atoms with Gasteiger partial charge in [-0.15, -0.1) is 0 Å². The van der Waals surface area contributed by atoms with Gasteiger partial charge >= 0.3 is 0 Å². The fourth-order valence-electron chi connectivity index (χ4n) is 3.26. The Morgan fingerprint density at radius 1 is 0.964 bits per heavy atom. The predicted octanol–water partition coefficient (Wildman–Crippen LogP) is 6.12. The molecule has 0 bridgehead atoms. The SMILES string of the molecule is Cc1cc(C)c2oc3cc(NC(=O)c4ccc(Cl)cc4Cl)ccc3c(=O)c2c1. The largest absolute Gasteiger partial charge is 0.455 e. The van der Waals surface area contributed by atoms with E-state index in [1.165, 1.54) is 6.07 Å². The molecule has 0 unspecified atom stereocenters. The Morgan fingerprint density at radius 2 is 1.75 bits per heavy atom. The van der Waals surface area contributed by atoms with Gasteiger partial charge in [0.2, 0.25) is 5.43 Å². The van der Waals surface area contributed by atoms with Crippen LogP contribution in [0.3, 0.4) is 0 Å². The van der Waals surface area contributed by atoms with Crippen molar-refractivity contribution in [3.05, 3.63) is 85.5 Å². The first-order valence-electron chi connectivity index (χ1n) is 8.58. The lowest BCUT2D eigenvalue weighted by atomic mass is 10.1. The van der Waals surface area contributed by atoms with Crippen LogP contribution in [0, 0.1) is 13.8 Å². The summed E-state index contributed by atoms with van der Waals surface area (Å²) in [6.45, 7) is 3.84. The molecule has 0 fully saturated rings. The van der Waals surface area contributed by atoms with Crippen molar-refractivity contribution in [3.8, 4) is 0 Å². The van der Waals surface area contributed by atoms with Crippen LogP contribution in [-0.2, 0) is 0 Å². The van der Waals surface area contributed by atoms with Crippen molar-refractivity contribution in [2.24, 2.45) is 0 Å². The van der Waals surface area contributed by atoms with Crippen LogP contribution >= 0.6 is 23.2 Å². The molecule has 1 aromatic heterocycles. The van der Waals surface area contributed by atoms with Crippen LogP contribution < -0.4 is 10.7 Å². The third kappa shape index (κ3) is 3.26. The Balaban J connectivity index is 1.78. The van der Waals surface area contributed by atoms with Gasteiger partial charge in [0, 0.05) is 16.8 Å². The summed E-state index contributed by atoms with van der Waals surface area (Å²) in [6, 6.07) is 13.4. The molecular formula is C22H15Cl2NO3. The number of rotatable bonds is 2. The summed E-state index contributed by atoms with van der Waals surface area (Å²) >= 11 is 12.0. The molecule has 4 rings (SSSR count). The van der Waals surface area contributed by atoms with Crippen LogP contribution in [0.15, 0.2) is 57.7 Å². The van der Waals surface area contributed by atoms with Gasteiger partial charge in [0.1, 0.15) is 11.2 Å². The second-order valence-corrected chi connectivity index (χ2v) is 7.52. The monoisotopic (exact) mass is 411 g/mol. The van der Waals surface area contributed by atoms with Gasteiger partial charge in [-0.25, -0.2) is 0 Å². The lowest BCUT2D eigenvalue weighted by molar-refractivity contribution is 0.102. The van der Waals surface area contributed by atoms with Crippen molar-refractivity contribution in [1.29, 1.82) is 0 Å². The second kappa shape index (κ2) is 6.97. The molecule has 6 heteroatoms. The summed E-state index contributed by atoms with van der Waals surface area (Å²) in [7, 11) is 0. The highest BCUT2D eigenvalue weighted by Gasteiger charge is 2.14. The van der Waals surface area contributed by atoms with Crippen molar-refractivity contribution < 1.29 is 9.21 Å². The summed E-state index contributed by atoms with van der Waals surface area (Å²) in [5, 5.41) is 4.49. The summed E-state index contributed by atoms with van der Waals surface area (Å²) in [5.41, 5.74) is 3.54. The average Bonchev–Trinajstić information content (AvgIpc) is 2.62. The molecule has 0 radical (unpaired) electrons. The lowest BCUT2D eigenvalue weighted by Crippen LogP contribution is -2.12. The van der Waals surface area contributed by atoms with E-state index in [4.69, 9.17) is 27.6 Å². The van der Waals surface area contributed by atoms with Crippen molar-refractivity contribution in [2.45, 2.75) is 13.8 Å². The first-order chi connectivity index (χ1) is 13.3. The smallest absolute Gasteiger partial charge is 0.257 e. The molecular weight excluding hydrogens is 397 g/mol. The Labute approximate surface area is 170 Å². The standard InChI is InChI=1S/C22H15Cl2NO3/c1-11-7-12(2)21-17(8-11)20(26)16-6-4-14(10-19(16)28-21)25-22(27)15-5-3-13(23)9-18(15)24/h3-10H,1-2H3,(H,25,27). The highest BCUT2D eigenvalue weighted by molar-refractivity contribution is 6.37. The minimum absolute atomic E-state index is 0.0957. The van der Waals surface area contributed by atoms with Crippen LogP contribution in [0.5, 0.6) is 0 Å². The third-order valence-electron chi connectivity index (χ3n) is 4.54. The lowest BCUT2D eigenvalue weighted by Gasteiger charge is -2.09. The number of amides is 1. The second-order valence-electron chi connectivity index (χ2n) is 6.68. The number of hydrogen-bond donors (Lipinski definition) is 1. The Hall–Kier alpha value is -2.82. The molecule has 0 aliphatic carbocycles. The molecule has 140 valence electrons. The van der Waals surface area contributed by atoms with E-state index in [2.05, 4.69) is 5.32 Å². The number of hydrogen-bond acceptors (Lipinski definition) is 3. The first-order valence-corrected chi connectivity index (χ1v) is 9.33. The maximum absolute atomic E-state index is 12.8. The van der Waals surface area contributed by atoms with E-state index >= 15 is 0 Å². The minimum atomic E-state index is -0.379. The number of benzene rings is 3.